The molecule has 102 valence electrons. The molecule has 1 rings (SSSR count). The highest BCUT2D eigenvalue weighted by Crippen LogP contribution is 2.24. The minimum Gasteiger partial charge on any atom is -0.392 e. The highest BCUT2D eigenvalue weighted by molar-refractivity contribution is 5.25. The molecule has 0 heterocycles. The van der Waals surface area contributed by atoms with Gasteiger partial charge in [0, 0.05) is 25.0 Å². The van der Waals surface area contributed by atoms with Gasteiger partial charge >= 0.3 is 0 Å². The molecule has 0 fully saturated rings. The molecule has 2 atom stereocenters. The molecule has 3 nitrogen and oxygen atoms in total. The zero-order chi connectivity index (χ0) is 13.6. The molecule has 0 aliphatic rings. The summed E-state index contributed by atoms with van der Waals surface area (Å²) in [6.45, 7) is 6.63. The number of nitrogens with zero attached hydrogens (tertiary/aromatic N) is 1. The predicted molar refractivity (Wildman–Crippen MR) is 76.9 cm³/mol. The third kappa shape index (κ3) is 4.41. The van der Waals surface area contributed by atoms with Crippen molar-refractivity contribution >= 4 is 0 Å². The Bertz CT molecular complexity index is 340. The van der Waals surface area contributed by atoms with Gasteiger partial charge in [-0.05, 0) is 26.6 Å². The number of likely N-dealkylation sites (N-methyl/N-ethyl adjacent to an activating group) is 2. The van der Waals surface area contributed by atoms with E-state index in [1.54, 1.807) is 0 Å². The van der Waals surface area contributed by atoms with Crippen molar-refractivity contribution in [2.45, 2.75) is 25.4 Å². The van der Waals surface area contributed by atoms with Crippen LogP contribution in [0.4, 0.5) is 0 Å². The van der Waals surface area contributed by atoms with Gasteiger partial charge in [-0.15, -0.1) is 0 Å². The molecule has 1 aromatic carbocycles. The van der Waals surface area contributed by atoms with Crippen molar-refractivity contribution in [2.24, 2.45) is 0 Å². The van der Waals surface area contributed by atoms with Crippen LogP contribution >= 0.6 is 0 Å². The van der Waals surface area contributed by atoms with Crippen LogP contribution in [-0.2, 0) is 5.41 Å². The fraction of sp³-hybridized carbons (Fsp3) is 0.600. The molecule has 0 amide bonds. The largest absolute Gasteiger partial charge is 0.392 e. The summed E-state index contributed by atoms with van der Waals surface area (Å²) >= 11 is 0. The third-order valence-electron chi connectivity index (χ3n) is 3.23. The highest BCUT2D eigenvalue weighted by Gasteiger charge is 2.27. The Labute approximate surface area is 111 Å². The van der Waals surface area contributed by atoms with E-state index in [1.807, 2.05) is 20.0 Å². The van der Waals surface area contributed by atoms with Crippen LogP contribution in [0.5, 0.6) is 0 Å². The number of aliphatic hydroxyl groups is 1. The average molecular weight is 250 g/mol. The molecule has 0 aliphatic carbocycles. The minimum absolute atomic E-state index is 0.0552. The molecule has 18 heavy (non-hydrogen) atoms. The van der Waals surface area contributed by atoms with Crippen molar-refractivity contribution in [3.05, 3.63) is 35.9 Å². The van der Waals surface area contributed by atoms with Crippen molar-refractivity contribution in [2.75, 3.05) is 33.7 Å². The summed E-state index contributed by atoms with van der Waals surface area (Å²) in [5.41, 5.74) is 1.39. The van der Waals surface area contributed by atoms with Gasteiger partial charge in [0.1, 0.15) is 0 Å². The van der Waals surface area contributed by atoms with Gasteiger partial charge in [0.15, 0.2) is 0 Å². The van der Waals surface area contributed by atoms with Gasteiger partial charge in [-0.3, -0.25) is 0 Å². The Morgan fingerprint density at radius 3 is 2.44 bits per heavy atom. The Kier molecular flexibility index (Phi) is 5.79. The molecule has 0 spiro atoms. The van der Waals surface area contributed by atoms with E-state index in [2.05, 4.69) is 48.5 Å². The van der Waals surface area contributed by atoms with Crippen molar-refractivity contribution < 1.29 is 5.11 Å². The maximum atomic E-state index is 9.46. The second-order valence-corrected chi connectivity index (χ2v) is 5.50. The highest BCUT2D eigenvalue weighted by atomic mass is 16.3. The van der Waals surface area contributed by atoms with E-state index >= 15 is 0 Å². The SMILES string of the molecule is CNCC(C)(CN(C)CC(C)O)c1ccccc1. The predicted octanol–water partition coefficient (Wildman–Crippen LogP) is 1.48. The van der Waals surface area contributed by atoms with E-state index < -0.39 is 0 Å². The lowest BCUT2D eigenvalue weighted by molar-refractivity contribution is 0.128. The summed E-state index contributed by atoms with van der Waals surface area (Å²) in [5.74, 6) is 0. The van der Waals surface area contributed by atoms with Crippen molar-refractivity contribution in [3.63, 3.8) is 0 Å². The van der Waals surface area contributed by atoms with Crippen LogP contribution in [0.15, 0.2) is 30.3 Å². The minimum atomic E-state index is -0.287. The smallest absolute Gasteiger partial charge is 0.0638 e. The number of hydrogen-bond acceptors (Lipinski definition) is 3. The standard InChI is InChI=1S/C15H26N2O/c1-13(18)10-17(4)12-15(2,11-16-3)14-8-6-5-7-9-14/h5-9,13,16,18H,10-12H2,1-4H3. The molecule has 0 aromatic heterocycles. The second kappa shape index (κ2) is 6.88. The average Bonchev–Trinajstić information content (AvgIpc) is 2.29. The normalized spacial score (nSPS) is 16.6. The number of hydrogen-bond donors (Lipinski definition) is 2. The quantitative estimate of drug-likeness (QED) is 0.769. The Morgan fingerprint density at radius 1 is 1.33 bits per heavy atom. The van der Waals surface area contributed by atoms with Crippen LogP contribution in [0.3, 0.4) is 0 Å². The number of nitrogens with one attached hydrogen (secondary N) is 1. The zero-order valence-electron chi connectivity index (χ0n) is 12.0. The van der Waals surface area contributed by atoms with Crippen molar-refractivity contribution in [3.8, 4) is 0 Å². The van der Waals surface area contributed by atoms with E-state index in [0.29, 0.717) is 6.54 Å². The summed E-state index contributed by atoms with van der Waals surface area (Å²) in [5, 5.41) is 12.7. The van der Waals surface area contributed by atoms with E-state index in [-0.39, 0.29) is 11.5 Å². The van der Waals surface area contributed by atoms with Crippen molar-refractivity contribution in [1.29, 1.82) is 0 Å². The Hall–Kier alpha value is -0.900. The lowest BCUT2D eigenvalue weighted by atomic mass is 9.82. The van der Waals surface area contributed by atoms with Crippen LogP contribution in [-0.4, -0.2) is 49.8 Å². The molecule has 1 aromatic rings. The van der Waals surface area contributed by atoms with Crippen LogP contribution in [0.1, 0.15) is 19.4 Å². The van der Waals surface area contributed by atoms with Crippen molar-refractivity contribution in [1.82, 2.24) is 10.2 Å². The van der Waals surface area contributed by atoms with Gasteiger partial charge in [-0.1, -0.05) is 37.3 Å². The van der Waals surface area contributed by atoms with Crippen LogP contribution in [0, 0.1) is 0 Å². The summed E-state index contributed by atoms with van der Waals surface area (Å²) in [6, 6.07) is 10.6. The fourth-order valence-corrected chi connectivity index (χ4v) is 2.59. The summed E-state index contributed by atoms with van der Waals surface area (Å²) in [6.07, 6.45) is -0.287. The Balaban J connectivity index is 2.80. The van der Waals surface area contributed by atoms with E-state index in [1.165, 1.54) is 5.56 Å². The van der Waals surface area contributed by atoms with E-state index in [9.17, 15) is 5.11 Å². The summed E-state index contributed by atoms with van der Waals surface area (Å²) in [7, 11) is 4.04. The first-order chi connectivity index (χ1) is 8.48. The van der Waals surface area contributed by atoms with Gasteiger partial charge in [-0.25, -0.2) is 0 Å². The molecule has 0 saturated carbocycles. The second-order valence-electron chi connectivity index (χ2n) is 5.50. The monoisotopic (exact) mass is 250 g/mol. The summed E-state index contributed by atoms with van der Waals surface area (Å²) < 4.78 is 0. The van der Waals surface area contributed by atoms with Crippen LogP contribution < -0.4 is 5.32 Å². The Morgan fingerprint density at radius 2 is 1.94 bits per heavy atom. The molecular weight excluding hydrogens is 224 g/mol. The van der Waals surface area contributed by atoms with Gasteiger partial charge < -0.3 is 15.3 Å². The first kappa shape index (κ1) is 15.2. The first-order valence-electron chi connectivity index (χ1n) is 6.54. The lowest BCUT2D eigenvalue weighted by Crippen LogP contribution is -2.45. The molecule has 3 heteroatoms. The number of aliphatic hydroxyl groups excluding tert-OH is 1. The van der Waals surface area contributed by atoms with E-state index in [0.717, 1.165) is 13.1 Å². The fourth-order valence-electron chi connectivity index (χ4n) is 2.59. The molecule has 0 aliphatic heterocycles. The lowest BCUT2D eigenvalue weighted by Gasteiger charge is -2.35. The maximum absolute atomic E-state index is 9.46. The molecule has 2 N–H and O–H groups in total. The van der Waals surface area contributed by atoms with Crippen LogP contribution in [0.25, 0.3) is 0 Å². The topological polar surface area (TPSA) is 35.5 Å². The zero-order valence-corrected chi connectivity index (χ0v) is 12.0. The molecule has 0 bridgehead atoms. The van der Waals surface area contributed by atoms with Gasteiger partial charge in [-0.2, -0.15) is 0 Å². The third-order valence-corrected chi connectivity index (χ3v) is 3.23. The first-order valence-corrected chi connectivity index (χ1v) is 6.54. The van der Waals surface area contributed by atoms with Crippen LogP contribution in [0.2, 0.25) is 0 Å². The van der Waals surface area contributed by atoms with Gasteiger partial charge in [0.2, 0.25) is 0 Å². The molecule has 0 radical (unpaired) electrons. The number of benzene rings is 1. The summed E-state index contributed by atoms with van der Waals surface area (Å²) in [4.78, 5) is 2.19. The number of rotatable bonds is 7. The van der Waals surface area contributed by atoms with E-state index in [4.69, 9.17) is 0 Å². The molecule has 2 unspecified atom stereocenters. The van der Waals surface area contributed by atoms with Gasteiger partial charge in [0.05, 0.1) is 6.10 Å². The van der Waals surface area contributed by atoms with Gasteiger partial charge in [0.25, 0.3) is 0 Å². The molecular formula is C15H26N2O. The maximum Gasteiger partial charge on any atom is 0.0638 e. The molecule has 0 saturated heterocycles.